The van der Waals surface area contributed by atoms with Crippen LogP contribution in [0.4, 0.5) is 0 Å². The molecule has 1 saturated heterocycles. The van der Waals surface area contributed by atoms with E-state index in [-0.39, 0.29) is 11.9 Å². The average Bonchev–Trinajstić information content (AvgIpc) is 2.29. The smallest absolute Gasteiger partial charge is 0.220 e. The molecule has 1 heterocycles. The molecule has 0 aromatic rings. The van der Waals surface area contributed by atoms with Crippen molar-refractivity contribution in [2.24, 2.45) is 5.73 Å². The Kier molecular flexibility index (Phi) is 6.52. The lowest BCUT2D eigenvalue weighted by Crippen LogP contribution is -2.44. The molecule has 0 spiro atoms. The first-order valence-electron chi connectivity index (χ1n) is 6.89. The lowest BCUT2D eigenvalue weighted by atomic mass is 10.0. The van der Waals surface area contributed by atoms with Crippen LogP contribution in [0, 0.1) is 0 Å². The van der Waals surface area contributed by atoms with Gasteiger partial charge in [0.05, 0.1) is 0 Å². The minimum atomic E-state index is 0.118. The normalized spacial score (nSPS) is 20.2. The van der Waals surface area contributed by atoms with Gasteiger partial charge >= 0.3 is 0 Å². The molecule has 0 bridgehead atoms. The Morgan fingerprint density at radius 1 is 1.47 bits per heavy atom. The summed E-state index contributed by atoms with van der Waals surface area (Å²) in [5.74, 6) is 0.163. The molecule has 0 radical (unpaired) electrons. The fourth-order valence-corrected chi connectivity index (χ4v) is 2.28. The van der Waals surface area contributed by atoms with E-state index in [2.05, 4.69) is 17.1 Å². The Morgan fingerprint density at radius 3 is 2.65 bits per heavy atom. The minimum Gasteiger partial charge on any atom is -0.353 e. The summed E-state index contributed by atoms with van der Waals surface area (Å²) in [5.41, 5.74) is 5.64. The number of nitrogens with zero attached hydrogens (tertiary/aromatic N) is 1. The summed E-state index contributed by atoms with van der Waals surface area (Å²) in [5, 5.41) is 3.12. The third-order valence-electron chi connectivity index (χ3n) is 3.32. The predicted molar refractivity (Wildman–Crippen MR) is 70.8 cm³/mol. The maximum Gasteiger partial charge on any atom is 0.220 e. The van der Waals surface area contributed by atoms with E-state index in [9.17, 15) is 4.79 Å². The number of hydrogen-bond acceptors (Lipinski definition) is 3. The van der Waals surface area contributed by atoms with Crippen molar-refractivity contribution in [1.29, 1.82) is 0 Å². The Hall–Kier alpha value is -0.610. The summed E-state index contributed by atoms with van der Waals surface area (Å²) in [6, 6.07) is 0.496. The van der Waals surface area contributed by atoms with E-state index in [4.69, 9.17) is 5.73 Å². The number of nitrogens with two attached hydrogens (primary N) is 1. The zero-order chi connectivity index (χ0) is 12.7. The molecular formula is C13H27N3O. The molecule has 0 aliphatic carbocycles. The van der Waals surface area contributed by atoms with Gasteiger partial charge in [-0.05, 0) is 39.2 Å². The van der Waals surface area contributed by atoms with Crippen LogP contribution in [0.1, 0.15) is 46.0 Å². The number of piperidine rings is 1. The molecule has 100 valence electrons. The molecule has 1 amide bonds. The first kappa shape index (κ1) is 14.5. The molecule has 17 heavy (non-hydrogen) atoms. The van der Waals surface area contributed by atoms with E-state index in [1.54, 1.807) is 0 Å². The number of hydrogen-bond donors (Lipinski definition) is 2. The third-order valence-corrected chi connectivity index (χ3v) is 3.32. The Labute approximate surface area is 105 Å². The molecule has 0 aromatic carbocycles. The van der Waals surface area contributed by atoms with Crippen molar-refractivity contribution in [1.82, 2.24) is 10.2 Å². The van der Waals surface area contributed by atoms with Gasteiger partial charge in [0.2, 0.25) is 5.91 Å². The first-order valence-corrected chi connectivity index (χ1v) is 6.89. The fraction of sp³-hybridized carbons (Fsp3) is 0.923. The molecule has 4 nitrogen and oxygen atoms in total. The van der Waals surface area contributed by atoms with Gasteiger partial charge in [0.1, 0.15) is 0 Å². The van der Waals surface area contributed by atoms with Crippen LogP contribution in [0.3, 0.4) is 0 Å². The Morgan fingerprint density at radius 2 is 2.12 bits per heavy atom. The number of rotatable bonds is 6. The van der Waals surface area contributed by atoms with Crippen LogP contribution < -0.4 is 11.1 Å². The Bertz CT molecular complexity index is 223. The van der Waals surface area contributed by atoms with Crippen LogP contribution >= 0.6 is 0 Å². The molecule has 0 saturated carbocycles. The van der Waals surface area contributed by atoms with Crippen molar-refractivity contribution in [2.75, 3.05) is 19.6 Å². The largest absolute Gasteiger partial charge is 0.353 e. The van der Waals surface area contributed by atoms with Gasteiger partial charge in [-0.3, -0.25) is 4.79 Å². The molecule has 1 aliphatic rings. The lowest BCUT2D eigenvalue weighted by Gasteiger charge is -2.32. The van der Waals surface area contributed by atoms with Crippen molar-refractivity contribution >= 4 is 5.91 Å². The maximum atomic E-state index is 11.6. The molecule has 0 aromatic heterocycles. The van der Waals surface area contributed by atoms with E-state index in [1.165, 1.54) is 13.0 Å². The second-order valence-corrected chi connectivity index (χ2v) is 5.20. The Balaban J connectivity index is 2.14. The van der Waals surface area contributed by atoms with Crippen molar-refractivity contribution in [2.45, 2.75) is 58.0 Å². The summed E-state index contributed by atoms with van der Waals surface area (Å²) in [4.78, 5) is 14.1. The lowest BCUT2D eigenvalue weighted by molar-refractivity contribution is -0.122. The number of carbonyl (C=O) groups is 1. The third kappa shape index (κ3) is 6.03. The van der Waals surface area contributed by atoms with E-state index in [0.717, 1.165) is 32.4 Å². The molecule has 1 fully saturated rings. The van der Waals surface area contributed by atoms with Gasteiger partial charge < -0.3 is 16.0 Å². The van der Waals surface area contributed by atoms with Crippen LogP contribution in [0.25, 0.3) is 0 Å². The van der Waals surface area contributed by atoms with Crippen molar-refractivity contribution in [3.63, 3.8) is 0 Å². The SMILES string of the molecule is CCCN1CCC(NC(=O)CCC(C)N)CC1. The second kappa shape index (κ2) is 7.67. The van der Waals surface area contributed by atoms with Crippen LogP contribution in [0.5, 0.6) is 0 Å². The van der Waals surface area contributed by atoms with Crippen molar-refractivity contribution in [3.05, 3.63) is 0 Å². The monoisotopic (exact) mass is 241 g/mol. The van der Waals surface area contributed by atoms with E-state index >= 15 is 0 Å². The standard InChI is InChI=1S/C13H27N3O/c1-3-8-16-9-6-12(7-10-16)15-13(17)5-4-11(2)14/h11-12H,3-10,14H2,1-2H3,(H,15,17). The summed E-state index contributed by atoms with van der Waals surface area (Å²) in [6.45, 7) is 7.57. The molecule has 3 N–H and O–H groups in total. The van der Waals surface area contributed by atoms with Gasteiger partial charge in [0.15, 0.2) is 0 Å². The molecule has 1 aliphatic heterocycles. The van der Waals surface area contributed by atoms with Crippen molar-refractivity contribution in [3.8, 4) is 0 Å². The molecule has 1 atom stereocenters. The predicted octanol–water partition coefficient (Wildman–Crippen LogP) is 1.10. The topological polar surface area (TPSA) is 58.4 Å². The summed E-state index contributed by atoms with van der Waals surface area (Å²) >= 11 is 0. The highest BCUT2D eigenvalue weighted by molar-refractivity contribution is 5.76. The van der Waals surface area contributed by atoms with Crippen molar-refractivity contribution < 1.29 is 4.79 Å². The molecule has 1 rings (SSSR count). The number of likely N-dealkylation sites (tertiary alicyclic amines) is 1. The minimum absolute atomic E-state index is 0.118. The van der Waals surface area contributed by atoms with Crippen LogP contribution in [0.2, 0.25) is 0 Å². The highest BCUT2D eigenvalue weighted by atomic mass is 16.1. The highest BCUT2D eigenvalue weighted by Gasteiger charge is 2.19. The molecular weight excluding hydrogens is 214 g/mol. The number of amides is 1. The number of carbonyl (C=O) groups excluding carboxylic acids is 1. The van der Waals surface area contributed by atoms with Gasteiger partial charge in [-0.1, -0.05) is 6.92 Å². The summed E-state index contributed by atoms with van der Waals surface area (Å²) < 4.78 is 0. The number of nitrogens with one attached hydrogen (secondary N) is 1. The van der Waals surface area contributed by atoms with Gasteiger partial charge in [-0.25, -0.2) is 0 Å². The summed E-state index contributed by atoms with van der Waals surface area (Å²) in [7, 11) is 0. The summed E-state index contributed by atoms with van der Waals surface area (Å²) in [6.07, 6.45) is 4.73. The zero-order valence-electron chi connectivity index (χ0n) is 11.2. The maximum absolute atomic E-state index is 11.6. The van der Waals surface area contributed by atoms with Crippen LogP contribution in [-0.2, 0) is 4.79 Å². The van der Waals surface area contributed by atoms with Gasteiger partial charge in [0.25, 0.3) is 0 Å². The second-order valence-electron chi connectivity index (χ2n) is 5.20. The quantitative estimate of drug-likeness (QED) is 0.732. The van der Waals surface area contributed by atoms with Gasteiger partial charge in [-0.15, -0.1) is 0 Å². The first-order chi connectivity index (χ1) is 8.11. The van der Waals surface area contributed by atoms with Gasteiger partial charge in [0, 0.05) is 31.6 Å². The molecule has 1 unspecified atom stereocenters. The van der Waals surface area contributed by atoms with Gasteiger partial charge in [-0.2, -0.15) is 0 Å². The zero-order valence-corrected chi connectivity index (χ0v) is 11.2. The molecule has 4 heteroatoms. The van der Waals surface area contributed by atoms with Crippen LogP contribution in [-0.4, -0.2) is 42.5 Å². The van der Waals surface area contributed by atoms with Crippen LogP contribution in [0.15, 0.2) is 0 Å². The highest BCUT2D eigenvalue weighted by Crippen LogP contribution is 2.10. The van der Waals surface area contributed by atoms with E-state index in [0.29, 0.717) is 12.5 Å². The van der Waals surface area contributed by atoms with E-state index < -0.39 is 0 Å². The average molecular weight is 241 g/mol. The fourth-order valence-electron chi connectivity index (χ4n) is 2.28. The van der Waals surface area contributed by atoms with E-state index in [1.807, 2.05) is 6.92 Å².